The second-order valence-corrected chi connectivity index (χ2v) is 6.95. The summed E-state index contributed by atoms with van der Waals surface area (Å²) in [6, 6.07) is 7.93. The Kier molecular flexibility index (Phi) is 8.69. The van der Waals surface area contributed by atoms with Crippen LogP contribution in [-0.2, 0) is 4.74 Å². The van der Waals surface area contributed by atoms with Crippen molar-refractivity contribution in [2.75, 3.05) is 32.8 Å². The molecule has 2 fully saturated rings. The van der Waals surface area contributed by atoms with Gasteiger partial charge in [0.15, 0.2) is 0 Å². The van der Waals surface area contributed by atoms with E-state index in [1.54, 1.807) is 0 Å². The zero-order valence-electron chi connectivity index (χ0n) is 15.6. The summed E-state index contributed by atoms with van der Waals surface area (Å²) in [4.78, 5) is 15.1. The van der Waals surface area contributed by atoms with E-state index in [9.17, 15) is 4.79 Å². The Morgan fingerprint density at radius 2 is 2.12 bits per heavy atom. The monoisotopic (exact) mass is 382 g/mol. The first kappa shape index (κ1) is 21.0. The predicted octanol–water partition coefficient (Wildman–Crippen LogP) is 3.27. The molecule has 0 spiro atoms. The quantitative estimate of drug-likeness (QED) is 0.786. The smallest absolute Gasteiger partial charge is 0.254 e. The normalized spacial score (nSPS) is 20.4. The summed E-state index contributed by atoms with van der Waals surface area (Å²) in [5, 5.41) is 3.37. The molecule has 26 heavy (non-hydrogen) atoms. The van der Waals surface area contributed by atoms with Crippen LogP contribution in [0.25, 0.3) is 0 Å². The van der Waals surface area contributed by atoms with Gasteiger partial charge in [-0.15, -0.1) is 12.4 Å². The Morgan fingerprint density at radius 1 is 1.31 bits per heavy atom. The number of benzene rings is 1. The van der Waals surface area contributed by atoms with Gasteiger partial charge in [-0.05, 0) is 63.4 Å². The number of hydrogen-bond donors (Lipinski definition) is 1. The number of nitrogens with zero attached hydrogens (tertiary/aromatic N) is 1. The molecule has 1 aromatic carbocycles. The first-order valence-corrected chi connectivity index (χ1v) is 9.64. The van der Waals surface area contributed by atoms with E-state index in [0.717, 1.165) is 69.7 Å². The molecule has 1 amide bonds. The molecule has 1 N–H and O–H groups in total. The minimum Gasteiger partial charge on any atom is -0.491 e. The standard InChI is InChI=1S/C20H30N2O3.ClH/c1-2-12-22(17-8-10-21-11-9-17)20(23)16-5-3-6-18(14-16)25-15-19-7-4-13-24-19;/h3,5-6,14,17,19,21H,2,4,7-13,15H2,1H3;1H. The Morgan fingerprint density at radius 3 is 2.81 bits per heavy atom. The fourth-order valence-electron chi connectivity index (χ4n) is 3.66. The van der Waals surface area contributed by atoms with Gasteiger partial charge in [0.25, 0.3) is 5.91 Å². The summed E-state index contributed by atoms with van der Waals surface area (Å²) in [7, 11) is 0. The van der Waals surface area contributed by atoms with E-state index < -0.39 is 0 Å². The van der Waals surface area contributed by atoms with Crippen molar-refractivity contribution in [2.24, 2.45) is 0 Å². The Balaban J connectivity index is 0.00000243. The van der Waals surface area contributed by atoms with E-state index in [1.807, 2.05) is 24.3 Å². The van der Waals surface area contributed by atoms with Crippen LogP contribution in [0, 0.1) is 0 Å². The lowest BCUT2D eigenvalue weighted by Crippen LogP contribution is -2.46. The third-order valence-corrected chi connectivity index (χ3v) is 5.02. The van der Waals surface area contributed by atoms with Crippen molar-refractivity contribution in [1.82, 2.24) is 10.2 Å². The number of hydrogen-bond acceptors (Lipinski definition) is 4. The number of halogens is 1. The summed E-state index contributed by atoms with van der Waals surface area (Å²) in [6.07, 6.45) is 5.38. The highest BCUT2D eigenvalue weighted by Gasteiger charge is 2.25. The minimum absolute atomic E-state index is 0. The van der Waals surface area contributed by atoms with E-state index in [2.05, 4.69) is 17.1 Å². The lowest BCUT2D eigenvalue weighted by Gasteiger charge is -2.34. The average molecular weight is 383 g/mol. The number of piperidine rings is 1. The fraction of sp³-hybridized carbons (Fsp3) is 0.650. The van der Waals surface area contributed by atoms with E-state index in [4.69, 9.17) is 9.47 Å². The van der Waals surface area contributed by atoms with Crippen molar-refractivity contribution < 1.29 is 14.3 Å². The molecule has 0 radical (unpaired) electrons. The Bertz CT molecular complexity index is 558. The lowest BCUT2D eigenvalue weighted by atomic mass is 10.0. The highest BCUT2D eigenvalue weighted by Crippen LogP contribution is 2.21. The van der Waals surface area contributed by atoms with Crippen LogP contribution in [0.15, 0.2) is 24.3 Å². The van der Waals surface area contributed by atoms with Gasteiger partial charge in [0.1, 0.15) is 12.4 Å². The van der Waals surface area contributed by atoms with Crippen LogP contribution in [0.4, 0.5) is 0 Å². The zero-order chi connectivity index (χ0) is 17.5. The van der Waals surface area contributed by atoms with Crippen LogP contribution in [0.5, 0.6) is 5.75 Å². The summed E-state index contributed by atoms with van der Waals surface area (Å²) < 4.78 is 11.5. The molecule has 0 saturated carbocycles. The Labute approximate surface area is 162 Å². The van der Waals surface area contributed by atoms with Gasteiger partial charge in [0, 0.05) is 24.8 Å². The Hall–Kier alpha value is -1.30. The molecule has 0 aromatic heterocycles. The van der Waals surface area contributed by atoms with E-state index in [1.165, 1.54) is 0 Å². The molecule has 2 heterocycles. The molecule has 2 aliphatic heterocycles. The van der Waals surface area contributed by atoms with Gasteiger partial charge in [0.2, 0.25) is 0 Å². The van der Waals surface area contributed by atoms with E-state index in [-0.39, 0.29) is 24.4 Å². The van der Waals surface area contributed by atoms with Crippen LogP contribution in [-0.4, -0.2) is 55.8 Å². The van der Waals surface area contributed by atoms with E-state index in [0.29, 0.717) is 12.6 Å². The van der Waals surface area contributed by atoms with Crippen LogP contribution in [0.3, 0.4) is 0 Å². The van der Waals surface area contributed by atoms with Crippen molar-refractivity contribution in [3.63, 3.8) is 0 Å². The molecular formula is C20H31ClN2O3. The van der Waals surface area contributed by atoms with Gasteiger partial charge >= 0.3 is 0 Å². The van der Waals surface area contributed by atoms with Crippen molar-refractivity contribution in [2.45, 2.75) is 51.2 Å². The first-order chi connectivity index (χ1) is 12.3. The van der Waals surface area contributed by atoms with E-state index >= 15 is 0 Å². The fourth-order valence-corrected chi connectivity index (χ4v) is 3.66. The summed E-state index contributed by atoms with van der Waals surface area (Å²) in [5.74, 6) is 0.874. The first-order valence-electron chi connectivity index (χ1n) is 9.64. The van der Waals surface area contributed by atoms with Crippen LogP contribution in [0.1, 0.15) is 49.4 Å². The lowest BCUT2D eigenvalue weighted by molar-refractivity contribution is 0.0638. The van der Waals surface area contributed by atoms with Crippen LogP contribution in [0.2, 0.25) is 0 Å². The molecule has 1 atom stereocenters. The minimum atomic E-state index is 0. The predicted molar refractivity (Wildman–Crippen MR) is 105 cm³/mol. The van der Waals surface area contributed by atoms with Gasteiger partial charge < -0.3 is 19.7 Å². The molecule has 0 aliphatic carbocycles. The average Bonchev–Trinajstić information content (AvgIpc) is 3.18. The van der Waals surface area contributed by atoms with Gasteiger partial charge in [-0.2, -0.15) is 0 Å². The zero-order valence-corrected chi connectivity index (χ0v) is 16.4. The molecule has 2 saturated heterocycles. The van der Waals surface area contributed by atoms with Gasteiger partial charge in [-0.25, -0.2) is 0 Å². The summed E-state index contributed by atoms with van der Waals surface area (Å²) in [5.41, 5.74) is 0.719. The number of amides is 1. The SMILES string of the molecule is CCCN(C(=O)c1cccc(OCC2CCCO2)c1)C1CCNCC1.Cl. The topological polar surface area (TPSA) is 50.8 Å². The number of carbonyl (C=O) groups is 1. The summed E-state index contributed by atoms with van der Waals surface area (Å²) in [6.45, 7) is 6.30. The van der Waals surface area contributed by atoms with Crippen molar-refractivity contribution in [1.29, 1.82) is 0 Å². The second kappa shape index (κ2) is 10.8. The maximum atomic E-state index is 13.1. The third kappa shape index (κ3) is 5.60. The number of nitrogens with one attached hydrogen (secondary N) is 1. The van der Waals surface area contributed by atoms with Gasteiger partial charge in [0.05, 0.1) is 6.10 Å². The van der Waals surface area contributed by atoms with Gasteiger partial charge in [-0.3, -0.25) is 4.79 Å². The van der Waals surface area contributed by atoms with Crippen molar-refractivity contribution in [3.05, 3.63) is 29.8 Å². The van der Waals surface area contributed by atoms with Gasteiger partial charge in [-0.1, -0.05) is 13.0 Å². The number of ether oxygens (including phenoxy) is 2. The molecule has 2 aliphatic rings. The molecule has 6 heteroatoms. The molecule has 146 valence electrons. The molecule has 5 nitrogen and oxygen atoms in total. The summed E-state index contributed by atoms with van der Waals surface area (Å²) >= 11 is 0. The second-order valence-electron chi connectivity index (χ2n) is 6.95. The van der Waals surface area contributed by atoms with Crippen molar-refractivity contribution >= 4 is 18.3 Å². The maximum Gasteiger partial charge on any atom is 0.254 e. The maximum absolute atomic E-state index is 13.1. The molecule has 1 unspecified atom stereocenters. The molecule has 3 rings (SSSR count). The molecule has 1 aromatic rings. The third-order valence-electron chi connectivity index (χ3n) is 5.02. The highest BCUT2D eigenvalue weighted by atomic mass is 35.5. The molecular weight excluding hydrogens is 352 g/mol. The van der Waals surface area contributed by atoms with Crippen molar-refractivity contribution in [3.8, 4) is 5.75 Å². The number of carbonyl (C=O) groups excluding carboxylic acids is 1. The molecule has 0 bridgehead atoms. The van der Waals surface area contributed by atoms with Crippen LogP contribution >= 0.6 is 12.4 Å². The highest BCUT2D eigenvalue weighted by molar-refractivity contribution is 5.94. The largest absolute Gasteiger partial charge is 0.491 e. The van der Waals surface area contributed by atoms with Crippen LogP contribution < -0.4 is 10.1 Å². The number of rotatable bonds is 7.